The third kappa shape index (κ3) is 4.66. The number of hydrogen-bond acceptors (Lipinski definition) is 3. The van der Waals surface area contributed by atoms with E-state index in [-0.39, 0.29) is 5.02 Å². The second-order valence-corrected chi connectivity index (χ2v) is 7.19. The average Bonchev–Trinajstić information content (AvgIpc) is 2.36. The van der Waals surface area contributed by atoms with Crippen LogP contribution in [-0.2, 0) is 10.0 Å². The highest BCUT2D eigenvalue weighted by Crippen LogP contribution is 2.24. The molecule has 0 spiro atoms. The van der Waals surface area contributed by atoms with Crippen molar-refractivity contribution in [3.63, 3.8) is 0 Å². The molecule has 0 fully saturated rings. The molecule has 2 N–H and O–H groups in total. The summed E-state index contributed by atoms with van der Waals surface area (Å²) < 4.78 is 36.8. The van der Waals surface area contributed by atoms with Crippen molar-refractivity contribution in [2.75, 3.05) is 13.6 Å². The average molecular weight is 337 g/mol. The van der Waals surface area contributed by atoms with Gasteiger partial charge in [-0.1, -0.05) is 25.4 Å². The third-order valence-corrected chi connectivity index (χ3v) is 4.06. The molecule has 5 nitrogen and oxygen atoms in total. The van der Waals surface area contributed by atoms with Gasteiger partial charge in [0.25, 0.3) is 5.91 Å². The number of amides is 1. The molecule has 118 valence electrons. The zero-order valence-corrected chi connectivity index (χ0v) is 13.6. The Kier molecular flexibility index (Phi) is 5.72. The number of carbonyl (C=O) groups is 1. The Morgan fingerprint density at radius 3 is 2.48 bits per heavy atom. The summed E-state index contributed by atoms with van der Waals surface area (Å²) in [5.41, 5.74) is -0.405. The Morgan fingerprint density at radius 1 is 1.43 bits per heavy atom. The molecule has 1 amide bonds. The van der Waals surface area contributed by atoms with Gasteiger partial charge in [-0.2, -0.15) is 0 Å². The first-order chi connectivity index (χ1) is 9.54. The Hall–Kier alpha value is -1.18. The molecule has 1 aromatic carbocycles. The number of halogens is 2. The first-order valence-corrected chi connectivity index (χ1v) is 8.23. The van der Waals surface area contributed by atoms with E-state index in [1.165, 1.54) is 11.9 Å². The lowest BCUT2D eigenvalue weighted by molar-refractivity contribution is 0.0784. The molecule has 1 rings (SSSR count). The van der Waals surface area contributed by atoms with Gasteiger partial charge in [0.05, 0.1) is 5.56 Å². The lowest BCUT2D eigenvalue weighted by Crippen LogP contribution is -2.30. The van der Waals surface area contributed by atoms with Gasteiger partial charge in [-0.05, 0) is 24.5 Å². The highest BCUT2D eigenvalue weighted by atomic mass is 35.5. The molecule has 1 aromatic rings. The van der Waals surface area contributed by atoms with Gasteiger partial charge in [0.15, 0.2) is 5.82 Å². The number of sulfonamides is 1. The van der Waals surface area contributed by atoms with Crippen molar-refractivity contribution in [1.82, 2.24) is 4.90 Å². The normalized spacial score (nSPS) is 11.8. The highest BCUT2D eigenvalue weighted by molar-refractivity contribution is 7.89. The number of nitrogens with zero attached hydrogens (tertiary/aromatic N) is 1. The first-order valence-electron chi connectivity index (χ1n) is 6.31. The van der Waals surface area contributed by atoms with Crippen LogP contribution in [0.5, 0.6) is 0 Å². The van der Waals surface area contributed by atoms with Crippen molar-refractivity contribution >= 4 is 27.5 Å². The summed E-state index contributed by atoms with van der Waals surface area (Å²) in [6.07, 6.45) is 0.743. The maximum Gasteiger partial charge on any atom is 0.256 e. The van der Waals surface area contributed by atoms with E-state index in [4.69, 9.17) is 16.7 Å². The van der Waals surface area contributed by atoms with E-state index >= 15 is 0 Å². The summed E-state index contributed by atoms with van der Waals surface area (Å²) in [7, 11) is -2.78. The van der Waals surface area contributed by atoms with E-state index in [2.05, 4.69) is 0 Å². The summed E-state index contributed by atoms with van der Waals surface area (Å²) >= 11 is 5.75. The summed E-state index contributed by atoms with van der Waals surface area (Å²) in [6.45, 7) is 4.42. The molecule has 0 aromatic heterocycles. The minimum Gasteiger partial charge on any atom is -0.342 e. The number of benzene rings is 1. The van der Waals surface area contributed by atoms with Gasteiger partial charge < -0.3 is 4.90 Å². The number of hydrogen-bond donors (Lipinski definition) is 1. The summed E-state index contributed by atoms with van der Waals surface area (Å²) in [5.74, 6) is -1.44. The van der Waals surface area contributed by atoms with Crippen LogP contribution in [0.3, 0.4) is 0 Å². The van der Waals surface area contributed by atoms with E-state index in [0.717, 1.165) is 18.6 Å². The zero-order chi connectivity index (χ0) is 16.4. The topological polar surface area (TPSA) is 80.5 Å². The monoisotopic (exact) mass is 336 g/mol. The van der Waals surface area contributed by atoms with Crippen molar-refractivity contribution in [2.45, 2.75) is 25.2 Å². The first kappa shape index (κ1) is 17.9. The molecular weight excluding hydrogens is 319 g/mol. The van der Waals surface area contributed by atoms with Crippen molar-refractivity contribution in [1.29, 1.82) is 0 Å². The Balaban J connectivity index is 3.19. The minimum absolute atomic E-state index is 0.0685. The standard InChI is InChI=1S/C13H18ClFN2O3S/c1-8(2)4-5-17(3)13(18)10-6-9(14)7-11(12(10)15)21(16,19)20/h6-8H,4-5H2,1-3H3,(H2,16,19,20). The lowest BCUT2D eigenvalue weighted by Gasteiger charge is -2.19. The van der Waals surface area contributed by atoms with Crippen molar-refractivity contribution < 1.29 is 17.6 Å². The lowest BCUT2D eigenvalue weighted by atomic mass is 10.1. The van der Waals surface area contributed by atoms with Gasteiger partial charge in [-0.25, -0.2) is 17.9 Å². The fourth-order valence-corrected chi connectivity index (χ4v) is 2.62. The van der Waals surface area contributed by atoms with Gasteiger partial charge in [0, 0.05) is 18.6 Å². The Bertz CT molecular complexity index is 647. The van der Waals surface area contributed by atoms with Crippen LogP contribution in [0.4, 0.5) is 4.39 Å². The molecule has 0 aliphatic rings. The summed E-state index contributed by atoms with van der Waals surface area (Å²) in [6, 6.07) is 1.98. The van der Waals surface area contributed by atoms with Crippen LogP contribution in [0.15, 0.2) is 17.0 Å². The summed E-state index contributed by atoms with van der Waals surface area (Å²) in [4.78, 5) is 12.7. The van der Waals surface area contributed by atoms with E-state index < -0.39 is 32.2 Å². The number of carbonyl (C=O) groups excluding carboxylic acids is 1. The van der Waals surface area contributed by atoms with Crippen LogP contribution in [0.1, 0.15) is 30.6 Å². The number of rotatable bonds is 5. The molecule has 0 radical (unpaired) electrons. The fourth-order valence-electron chi connectivity index (χ4n) is 1.69. The predicted molar refractivity (Wildman–Crippen MR) is 79.2 cm³/mol. The van der Waals surface area contributed by atoms with Crippen LogP contribution >= 0.6 is 11.6 Å². The zero-order valence-electron chi connectivity index (χ0n) is 12.1. The molecule has 8 heteroatoms. The van der Waals surface area contributed by atoms with Crippen LogP contribution in [0, 0.1) is 11.7 Å². The molecule has 0 aliphatic heterocycles. The number of primary sulfonamides is 1. The number of nitrogens with two attached hydrogens (primary N) is 1. The molecule has 0 saturated heterocycles. The molecule has 0 aliphatic carbocycles. The second kappa shape index (κ2) is 6.72. The van der Waals surface area contributed by atoms with Crippen LogP contribution in [0.25, 0.3) is 0 Å². The molecule has 0 saturated carbocycles. The van der Waals surface area contributed by atoms with E-state index in [9.17, 15) is 17.6 Å². The molecular formula is C13H18ClFN2O3S. The molecule has 21 heavy (non-hydrogen) atoms. The van der Waals surface area contributed by atoms with Crippen LogP contribution in [0.2, 0.25) is 5.02 Å². The van der Waals surface area contributed by atoms with Gasteiger partial charge in [-0.3, -0.25) is 4.79 Å². The fraction of sp³-hybridized carbons (Fsp3) is 0.462. The van der Waals surface area contributed by atoms with Gasteiger partial charge >= 0.3 is 0 Å². The van der Waals surface area contributed by atoms with Crippen LogP contribution in [-0.4, -0.2) is 32.8 Å². The molecule has 0 bridgehead atoms. The van der Waals surface area contributed by atoms with E-state index in [0.29, 0.717) is 12.5 Å². The molecule has 0 heterocycles. The highest BCUT2D eigenvalue weighted by Gasteiger charge is 2.24. The predicted octanol–water partition coefficient (Wildman–Crippen LogP) is 2.24. The van der Waals surface area contributed by atoms with Crippen LogP contribution < -0.4 is 5.14 Å². The van der Waals surface area contributed by atoms with Gasteiger partial charge in [0.1, 0.15) is 4.90 Å². The van der Waals surface area contributed by atoms with Crippen molar-refractivity contribution in [3.8, 4) is 0 Å². The maximum absolute atomic E-state index is 14.2. The van der Waals surface area contributed by atoms with E-state index in [1.54, 1.807) is 0 Å². The van der Waals surface area contributed by atoms with Crippen molar-refractivity contribution in [3.05, 3.63) is 28.5 Å². The second-order valence-electron chi connectivity index (χ2n) is 5.22. The molecule has 0 atom stereocenters. The Labute approximate surface area is 128 Å². The van der Waals surface area contributed by atoms with Crippen molar-refractivity contribution in [2.24, 2.45) is 11.1 Å². The van der Waals surface area contributed by atoms with E-state index in [1.807, 2.05) is 13.8 Å². The SMILES string of the molecule is CC(C)CCN(C)C(=O)c1cc(Cl)cc(S(N)(=O)=O)c1F. The minimum atomic E-state index is -4.29. The van der Waals surface area contributed by atoms with Gasteiger partial charge in [-0.15, -0.1) is 0 Å². The van der Waals surface area contributed by atoms with Gasteiger partial charge in [0.2, 0.25) is 10.0 Å². The third-order valence-electron chi connectivity index (χ3n) is 2.93. The smallest absolute Gasteiger partial charge is 0.256 e. The molecule has 0 unspecified atom stereocenters. The Morgan fingerprint density at radius 2 is 2.00 bits per heavy atom. The largest absolute Gasteiger partial charge is 0.342 e. The summed E-state index contributed by atoms with van der Waals surface area (Å²) in [5, 5.41) is 4.85. The maximum atomic E-state index is 14.2. The quantitative estimate of drug-likeness (QED) is 0.895.